The van der Waals surface area contributed by atoms with Crippen LogP contribution in [0.1, 0.15) is 5.56 Å². The van der Waals surface area contributed by atoms with Gasteiger partial charge >= 0.3 is 6.03 Å². The van der Waals surface area contributed by atoms with Crippen molar-refractivity contribution in [2.24, 2.45) is 0 Å². The summed E-state index contributed by atoms with van der Waals surface area (Å²) in [6.45, 7) is 6.18. The predicted molar refractivity (Wildman–Crippen MR) is 132 cm³/mol. The van der Waals surface area contributed by atoms with E-state index >= 15 is 0 Å². The molecule has 0 bridgehead atoms. The summed E-state index contributed by atoms with van der Waals surface area (Å²) in [6.07, 6.45) is 0. The van der Waals surface area contributed by atoms with Crippen molar-refractivity contribution in [2.75, 3.05) is 48.8 Å². The molecule has 2 aromatic heterocycles. The van der Waals surface area contributed by atoms with E-state index in [1.165, 1.54) is 11.3 Å². The number of aryl methyl sites for hydroxylation is 1. The van der Waals surface area contributed by atoms with E-state index < -0.39 is 0 Å². The molecule has 0 spiro atoms. The second-order valence-corrected chi connectivity index (χ2v) is 8.40. The Balaban J connectivity index is 1.27. The fourth-order valence-corrected chi connectivity index (χ4v) is 4.07. The van der Waals surface area contributed by atoms with Gasteiger partial charge in [-0.3, -0.25) is 5.32 Å². The molecule has 1 saturated heterocycles. The number of nitrogens with zero attached hydrogens (tertiary/aromatic N) is 5. The van der Waals surface area contributed by atoms with E-state index in [0.717, 1.165) is 43.1 Å². The van der Waals surface area contributed by atoms with Crippen LogP contribution in [-0.4, -0.2) is 58.8 Å². The number of likely N-dealkylation sites (N-methyl/N-ethyl adjacent to an activating group) is 1. The van der Waals surface area contributed by atoms with Gasteiger partial charge in [-0.25, -0.2) is 9.31 Å². The standard InChI is InChI=1S/C25H27N7O/c1-18-5-3-6-19(17-18)22-7-4-8-23-27-24(29-32(22)23)28-25(33)26-20-9-11-21(12-10-20)31-15-13-30(2)14-16-31/h3-12,17H,13-16H2,1-2H3,(H2,26,28,29,33). The molecule has 0 saturated carbocycles. The van der Waals surface area contributed by atoms with E-state index in [1.54, 1.807) is 4.52 Å². The Hall–Kier alpha value is -3.91. The quantitative estimate of drug-likeness (QED) is 0.499. The molecule has 0 radical (unpaired) electrons. The molecule has 4 aromatic rings. The number of urea groups is 1. The fraction of sp³-hybridized carbons (Fsp3) is 0.240. The van der Waals surface area contributed by atoms with Crippen LogP contribution in [-0.2, 0) is 0 Å². The van der Waals surface area contributed by atoms with E-state index in [9.17, 15) is 4.79 Å². The number of aromatic nitrogens is 3. The number of carbonyl (C=O) groups is 1. The van der Waals surface area contributed by atoms with E-state index in [4.69, 9.17) is 0 Å². The first-order valence-electron chi connectivity index (χ1n) is 11.1. The van der Waals surface area contributed by atoms with Crippen molar-refractivity contribution in [2.45, 2.75) is 6.92 Å². The van der Waals surface area contributed by atoms with Gasteiger partial charge in [-0.05, 0) is 56.4 Å². The molecule has 8 nitrogen and oxygen atoms in total. The third-order valence-electron chi connectivity index (χ3n) is 5.89. The molecule has 8 heteroatoms. The van der Waals surface area contributed by atoms with Gasteiger partial charge in [0, 0.05) is 43.1 Å². The molecule has 0 unspecified atom stereocenters. The zero-order valence-electron chi connectivity index (χ0n) is 18.8. The van der Waals surface area contributed by atoms with Gasteiger partial charge in [-0.15, -0.1) is 5.10 Å². The molecule has 33 heavy (non-hydrogen) atoms. The Morgan fingerprint density at radius 1 is 0.909 bits per heavy atom. The molecule has 0 aliphatic carbocycles. The number of benzene rings is 2. The molecule has 2 N–H and O–H groups in total. The Kier molecular flexibility index (Phi) is 5.66. The minimum Gasteiger partial charge on any atom is -0.369 e. The number of fused-ring (bicyclic) bond motifs is 1. The number of pyridine rings is 1. The summed E-state index contributed by atoms with van der Waals surface area (Å²) in [6, 6.07) is 21.5. The van der Waals surface area contributed by atoms with E-state index in [2.05, 4.69) is 56.6 Å². The zero-order chi connectivity index (χ0) is 22.8. The highest BCUT2D eigenvalue weighted by Gasteiger charge is 2.15. The van der Waals surface area contributed by atoms with Gasteiger partial charge in [0.2, 0.25) is 0 Å². The van der Waals surface area contributed by atoms with Gasteiger partial charge in [0.1, 0.15) is 0 Å². The minimum atomic E-state index is -0.379. The number of nitrogens with one attached hydrogen (secondary N) is 2. The maximum absolute atomic E-state index is 12.6. The van der Waals surface area contributed by atoms with Crippen LogP contribution in [0.5, 0.6) is 0 Å². The summed E-state index contributed by atoms with van der Waals surface area (Å²) in [4.78, 5) is 21.7. The van der Waals surface area contributed by atoms with Crippen LogP contribution in [0.2, 0.25) is 0 Å². The lowest BCUT2D eigenvalue weighted by atomic mass is 10.1. The highest BCUT2D eigenvalue weighted by Crippen LogP contribution is 2.22. The van der Waals surface area contributed by atoms with Crippen LogP contribution in [0.4, 0.5) is 22.1 Å². The average Bonchev–Trinajstić information content (AvgIpc) is 3.22. The summed E-state index contributed by atoms with van der Waals surface area (Å²) in [5.74, 6) is 0.252. The first kappa shape index (κ1) is 21.0. The smallest absolute Gasteiger partial charge is 0.326 e. The van der Waals surface area contributed by atoms with Gasteiger partial charge in [0.15, 0.2) is 5.65 Å². The molecule has 1 aliphatic heterocycles. The number of rotatable bonds is 4. The van der Waals surface area contributed by atoms with Crippen molar-refractivity contribution >= 4 is 29.0 Å². The number of amides is 2. The molecule has 0 atom stereocenters. The van der Waals surface area contributed by atoms with Gasteiger partial charge in [-0.2, -0.15) is 4.98 Å². The van der Waals surface area contributed by atoms with Gasteiger partial charge < -0.3 is 15.1 Å². The van der Waals surface area contributed by atoms with Crippen molar-refractivity contribution in [3.05, 3.63) is 72.3 Å². The molecule has 168 valence electrons. The predicted octanol–water partition coefficient (Wildman–Crippen LogP) is 4.10. The fourth-order valence-electron chi connectivity index (χ4n) is 4.07. The van der Waals surface area contributed by atoms with E-state index in [-0.39, 0.29) is 12.0 Å². The third kappa shape index (κ3) is 4.65. The van der Waals surface area contributed by atoms with Crippen LogP contribution < -0.4 is 15.5 Å². The summed E-state index contributed by atoms with van der Waals surface area (Å²) in [7, 11) is 2.14. The Morgan fingerprint density at radius 2 is 1.67 bits per heavy atom. The largest absolute Gasteiger partial charge is 0.369 e. The third-order valence-corrected chi connectivity index (χ3v) is 5.89. The lowest BCUT2D eigenvalue weighted by Crippen LogP contribution is -2.44. The molecule has 2 aromatic carbocycles. The molecule has 3 heterocycles. The lowest BCUT2D eigenvalue weighted by molar-refractivity contribution is 0.262. The minimum absolute atomic E-state index is 0.252. The second kappa shape index (κ2) is 8.91. The van der Waals surface area contributed by atoms with Crippen molar-refractivity contribution in [1.82, 2.24) is 19.5 Å². The molecule has 2 amide bonds. The van der Waals surface area contributed by atoms with Crippen LogP contribution in [0.25, 0.3) is 16.9 Å². The van der Waals surface area contributed by atoms with Gasteiger partial charge in [0.25, 0.3) is 5.95 Å². The number of hydrogen-bond acceptors (Lipinski definition) is 5. The summed E-state index contributed by atoms with van der Waals surface area (Å²) >= 11 is 0. The van der Waals surface area contributed by atoms with Gasteiger partial charge in [0.05, 0.1) is 5.69 Å². The van der Waals surface area contributed by atoms with Crippen LogP contribution in [0, 0.1) is 6.92 Å². The second-order valence-electron chi connectivity index (χ2n) is 8.40. The SMILES string of the molecule is Cc1cccc(-c2cccc3nc(NC(=O)Nc4ccc(N5CCN(C)CC5)cc4)nn23)c1. The number of carbonyl (C=O) groups excluding carboxylic acids is 1. The first-order chi connectivity index (χ1) is 16.0. The monoisotopic (exact) mass is 441 g/mol. The van der Waals surface area contributed by atoms with E-state index in [1.807, 2.05) is 54.6 Å². The van der Waals surface area contributed by atoms with Crippen LogP contribution in [0.15, 0.2) is 66.7 Å². The molecular weight excluding hydrogens is 414 g/mol. The zero-order valence-corrected chi connectivity index (χ0v) is 18.8. The topological polar surface area (TPSA) is 77.8 Å². The van der Waals surface area contributed by atoms with Crippen molar-refractivity contribution < 1.29 is 4.79 Å². The Morgan fingerprint density at radius 3 is 2.42 bits per heavy atom. The number of anilines is 3. The summed E-state index contributed by atoms with van der Waals surface area (Å²) < 4.78 is 1.75. The summed E-state index contributed by atoms with van der Waals surface area (Å²) in [5.41, 5.74) is 5.68. The normalized spacial score (nSPS) is 14.4. The molecule has 5 rings (SSSR count). The maximum atomic E-state index is 12.6. The Labute approximate surface area is 192 Å². The summed E-state index contributed by atoms with van der Waals surface area (Å²) in [5, 5.41) is 10.1. The van der Waals surface area contributed by atoms with Crippen LogP contribution >= 0.6 is 0 Å². The molecule has 1 aliphatic rings. The van der Waals surface area contributed by atoms with Crippen molar-refractivity contribution in [1.29, 1.82) is 0 Å². The Bertz CT molecular complexity index is 1270. The first-order valence-corrected chi connectivity index (χ1v) is 11.1. The van der Waals surface area contributed by atoms with Gasteiger partial charge in [-0.1, -0.05) is 29.8 Å². The number of piperazine rings is 1. The highest BCUT2D eigenvalue weighted by molar-refractivity contribution is 5.98. The lowest BCUT2D eigenvalue weighted by Gasteiger charge is -2.34. The average molecular weight is 442 g/mol. The van der Waals surface area contributed by atoms with Crippen molar-refractivity contribution in [3.63, 3.8) is 0 Å². The molecule has 1 fully saturated rings. The molecular formula is C25H27N7O. The van der Waals surface area contributed by atoms with Crippen molar-refractivity contribution in [3.8, 4) is 11.3 Å². The highest BCUT2D eigenvalue weighted by atomic mass is 16.2. The maximum Gasteiger partial charge on any atom is 0.326 e. The van der Waals surface area contributed by atoms with E-state index in [0.29, 0.717) is 5.65 Å². The van der Waals surface area contributed by atoms with Crippen LogP contribution in [0.3, 0.4) is 0 Å². The number of hydrogen-bond donors (Lipinski definition) is 2.